The molecule has 0 aliphatic heterocycles. The standard InChI is InChI=1S/C9H2Cl6N4O2/c10-1-2(11)4(13)6(5(14)3(1)12)16-8(20)18-9-17-7(15)19-21-9/h(H2,16,17,18,19,20). The van der Waals surface area contributed by atoms with Crippen molar-refractivity contribution < 1.29 is 9.32 Å². The van der Waals surface area contributed by atoms with E-state index in [1.807, 2.05) is 0 Å². The molecule has 1 heterocycles. The Bertz CT molecular complexity index is 689. The van der Waals surface area contributed by atoms with Crippen molar-refractivity contribution in [3.05, 3.63) is 30.4 Å². The largest absolute Gasteiger partial charge is 0.330 e. The molecule has 0 spiro atoms. The quantitative estimate of drug-likeness (QED) is 0.496. The van der Waals surface area contributed by atoms with E-state index in [2.05, 4.69) is 25.3 Å². The fraction of sp³-hybridized carbons (Fsp3) is 0. The van der Waals surface area contributed by atoms with Crippen molar-refractivity contribution in [2.75, 3.05) is 10.6 Å². The molecule has 112 valence electrons. The predicted octanol–water partition coefficient (Wildman–Crippen LogP) is 5.63. The molecule has 12 heteroatoms. The summed E-state index contributed by atoms with van der Waals surface area (Å²) >= 11 is 34.9. The maximum absolute atomic E-state index is 11.8. The Balaban J connectivity index is 2.25. The van der Waals surface area contributed by atoms with Gasteiger partial charge in [0.05, 0.1) is 30.8 Å². The van der Waals surface area contributed by atoms with Gasteiger partial charge >= 0.3 is 12.0 Å². The van der Waals surface area contributed by atoms with Gasteiger partial charge in [-0.1, -0.05) is 58.0 Å². The number of halogens is 6. The van der Waals surface area contributed by atoms with E-state index in [1.54, 1.807) is 0 Å². The van der Waals surface area contributed by atoms with Gasteiger partial charge in [0.1, 0.15) is 0 Å². The molecule has 0 aliphatic carbocycles. The first-order valence-corrected chi connectivity index (χ1v) is 7.16. The average Bonchev–Trinajstić information content (AvgIpc) is 2.84. The lowest BCUT2D eigenvalue weighted by molar-refractivity contribution is 0.261. The summed E-state index contributed by atoms with van der Waals surface area (Å²) in [6.45, 7) is 0. The smallest absolute Gasteiger partial charge is 0.314 e. The van der Waals surface area contributed by atoms with Crippen LogP contribution in [0.1, 0.15) is 0 Å². The highest BCUT2D eigenvalue weighted by molar-refractivity contribution is 6.56. The summed E-state index contributed by atoms with van der Waals surface area (Å²) in [5, 5.41) is 7.37. The minimum Gasteiger partial charge on any atom is -0.314 e. The molecule has 2 aromatic rings. The fourth-order valence-corrected chi connectivity index (χ4v) is 2.56. The molecule has 0 atom stereocenters. The zero-order chi connectivity index (χ0) is 15.7. The zero-order valence-corrected chi connectivity index (χ0v) is 14.0. The molecule has 0 bridgehead atoms. The molecule has 0 saturated carbocycles. The van der Waals surface area contributed by atoms with Crippen LogP contribution in [0, 0.1) is 0 Å². The van der Waals surface area contributed by atoms with Crippen LogP contribution in [0.25, 0.3) is 0 Å². The van der Waals surface area contributed by atoms with Gasteiger partial charge in [0.15, 0.2) is 0 Å². The maximum Gasteiger partial charge on any atom is 0.330 e. The van der Waals surface area contributed by atoms with Crippen LogP contribution in [0.2, 0.25) is 30.4 Å². The van der Waals surface area contributed by atoms with Crippen LogP contribution in [0.4, 0.5) is 16.5 Å². The highest BCUT2D eigenvalue weighted by Gasteiger charge is 2.21. The van der Waals surface area contributed by atoms with Gasteiger partial charge in [0, 0.05) is 0 Å². The van der Waals surface area contributed by atoms with Gasteiger partial charge in [-0.2, -0.15) is 4.98 Å². The molecular weight excluding hydrogens is 409 g/mol. The van der Waals surface area contributed by atoms with Crippen LogP contribution in [0.15, 0.2) is 4.52 Å². The minimum atomic E-state index is -0.784. The molecule has 0 radical (unpaired) electrons. The highest BCUT2D eigenvalue weighted by atomic mass is 35.5. The van der Waals surface area contributed by atoms with Crippen molar-refractivity contribution in [2.24, 2.45) is 0 Å². The molecule has 2 rings (SSSR count). The fourth-order valence-electron chi connectivity index (χ4n) is 1.21. The van der Waals surface area contributed by atoms with E-state index in [0.717, 1.165) is 0 Å². The van der Waals surface area contributed by atoms with Crippen LogP contribution in [0.5, 0.6) is 0 Å². The molecule has 2 N–H and O–H groups in total. The van der Waals surface area contributed by atoms with Crippen LogP contribution in [0.3, 0.4) is 0 Å². The summed E-state index contributed by atoms with van der Waals surface area (Å²) in [5.41, 5.74) is -0.0270. The molecule has 21 heavy (non-hydrogen) atoms. The van der Waals surface area contributed by atoms with Crippen LogP contribution < -0.4 is 10.6 Å². The van der Waals surface area contributed by atoms with Crippen LogP contribution >= 0.6 is 69.6 Å². The maximum atomic E-state index is 11.8. The topological polar surface area (TPSA) is 80.1 Å². The lowest BCUT2D eigenvalue weighted by Crippen LogP contribution is -2.20. The number of carbonyl (C=O) groups excluding carboxylic acids is 1. The van der Waals surface area contributed by atoms with E-state index in [1.165, 1.54) is 0 Å². The third kappa shape index (κ3) is 3.59. The Labute approximate surface area is 147 Å². The van der Waals surface area contributed by atoms with Gasteiger partial charge in [0.25, 0.3) is 5.28 Å². The predicted molar refractivity (Wildman–Crippen MR) is 83.4 cm³/mol. The Kier molecular flexibility index (Phi) is 5.29. The van der Waals surface area contributed by atoms with Crippen molar-refractivity contribution in [3.8, 4) is 0 Å². The van der Waals surface area contributed by atoms with Crippen molar-refractivity contribution in [1.29, 1.82) is 0 Å². The summed E-state index contributed by atoms with van der Waals surface area (Å²) in [6, 6.07) is -1.01. The van der Waals surface area contributed by atoms with E-state index in [4.69, 9.17) is 69.6 Å². The number of nitrogens with zero attached hydrogens (tertiary/aromatic N) is 2. The van der Waals surface area contributed by atoms with Crippen molar-refractivity contribution in [1.82, 2.24) is 10.1 Å². The SMILES string of the molecule is O=C(Nc1nc(Cl)no1)Nc1c(Cl)c(Cl)c(Cl)c(Cl)c1Cl. The second-order valence-electron chi connectivity index (χ2n) is 3.39. The van der Waals surface area contributed by atoms with Gasteiger partial charge < -0.3 is 9.84 Å². The van der Waals surface area contributed by atoms with Gasteiger partial charge in [-0.25, -0.2) is 4.79 Å². The number of urea groups is 1. The van der Waals surface area contributed by atoms with Crippen LogP contribution in [-0.4, -0.2) is 16.2 Å². The molecule has 0 fully saturated rings. The number of benzene rings is 1. The van der Waals surface area contributed by atoms with Gasteiger partial charge in [-0.15, -0.1) is 0 Å². The van der Waals surface area contributed by atoms with Gasteiger partial charge in [-0.3, -0.25) is 5.32 Å². The number of hydrogen-bond acceptors (Lipinski definition) is 4. The summed E-state index contributed by atoms with van der Waals surface area (Å²) in [5.74, 6) is 0. The van der Waals surface area contributed by atoms with E-state index in [0.29, 0.717) is 0 Å². The molecule has 0 aliphatic rings. The Morgan fingerprint density at radius 3 is 1.86 bits per heavy atom. The third-order valence-electron chi connectivity index (χ3n) is 2.07. The number of anilines is 2. The molecular formula is C9H2Cl6N4O2. The average molecular weight is 411 g/mol. The summed E-state index contributed by atoms with van der Waals surface area (Å²) in [6.07, 6.45) is 0. The monoisotopic (exact) mass is 408 g/mol. The summed E-state index contributed by atoms with van der Waals surface area (Å²) < 4.78 is 4.60. The van der Waals surface area contributed by atoms with Crippen molar-refractivity contribution >= 4 is 87.3 Å². The number of nitrogens with one attached hydrogen (secondary N) is 2. The lowest BCUT2D eigenvalue weighted by atomic mass is 10.3. The summed E-state index contributed by atoms with van der Waals surface area (Å²) in [7, 11) is 0. The first-order chi connectivity index (χ1) is 9.81. The van der Waals surface area contributed by atoms with Crippen molar-refractivity contribution in [2.45, 2.75) is 0 Å². The van der Waals surface area contributed by atoms with Crippen LogP contribution in [-0.2, 0) is 0 Å². The molecule has 6 nitrogen and oxygen atoms in total. The molecule has 1 aromatic carbocycles. The Morgan fingerprint density at radius 1 is 0.857 bits per heavy atom. The molecule has 0 saturated heterocycles. The Morgan fingerprint density at radius 2 is 1.38 bits per heavy atom. The number of carbonyl (C=O) groups is 1. The first kappa shape index (κ1) is 16.7. The number of amides is 2. The highest BCUT2D eigenvalue weighted by Crippen LogP contribution is 2.46. The second-order valence-corrected chi connectivity index (χ2v) is 5.62. The van der Waals surface area contributed by atoms with Gasteiger partial charge in [0.2, 0.25) is 0 Å². The Hall–Kier alpha value is -0.630. The van der Waals surface area contributed by atoms with E-state index < -0.39 is 6.03 Å². The molecule has 1 aromatic heterocycles. The summed E-state index contributed by atoms with van der Waals surface area (Å²) in [4.78, 5) is 15.3. The first-order valence-electron chi connectivity index (χ1n) is 4.90. The van der Waals surface area contributed by atoms with E-state index in [-0.39, 0.29) is 42.1 Å². The van der Waals surface area contributed by atoms with Crippen molar-refractivity contribution in [3.63, 3.8) is 0 Å². The second kappa shape index (κ2) is 6.64. The molecule has 0 unspecified atom stereocenters. The van der Waals surface area contributed by atoms with E-state index in [9.17, 15) is 4.79 Å². The number of aromatic nitrogens is 2. The number of hydrogen-bond donors (Lipinski definition) is 2. The lowest BCUT2D eigenvalue weighted by Gasteiger charge is -2.13. The van der Waals surface area contributed by atoms with E-state index >= 15 is 0 Å². The normalized spacial score (nSPS) is 10.6. The molecule has 2 amide bonds. The third-order valence-corrected chi connectivity index (χ3v) is 4.50. The van der Waals surface area contributed by atoms with Gasteiger partial charge in [-0.05, 0) is 16.8 Å². The minimum absolute atomic E-state index is 0.0250. The number of rotatable bonds is 2. The zero-order valence-electron chi connectivity index (χ0n) is 9.48.